The molecule has 0 aromatic carbocycles. The highest BCUT2D eigenvalue weighted by atomic mass is 32.1. The van der Waals surface area contributed by atoms with Crippen molar-refractivity contribution in [1.82, 2.24) is 19.7 Å². The Kier molecular flexibility index (Phi) is 3.29. The quantitative estimate of drug-likeness (QED) is 0.765. The summed E-state index contributed by atoms with van der Waals surface area (Å²) in [6, 6.07) is 3.68. The molecule has 0 atom stereocenters. The van der Waals surface area contributed by atoms with E-state index >= 15 is 0 Å². The number of hydrogen-bond acceptors (Lipinski definition) is 5. The summed E-state index contributed by atoms with van der Waals surface area (Å²) in [5.41, 5.74) is 6.95. The van der Waals surface area contributed by atoms with Gasteiger partial charge in [0.05, 0.1) is 12.2 Å². The molecule has 0 amide bonds. The van der Waals surface area contributed by atoms with E-state index in [-0.39, 0.29) is 4.99 Å². The van der Waals surface area contributed by atoms with E-state index in [1.165, 1.54) is 0 Å². The van der Waals surface area contributed by atoms with Gasteiger partial charge in [-0.15, -0.1) is 0 Å². The summed E-state index contributed by atoms with van der Waals surface area (Å²) in [4.78, 5) is 8.50. The number of nitrogens with two attached hydrogens (primary N) is 1. The monoisotopic (exact) mass is 248 g/mol. The molecule has 0 aliphatic rings. The minimum atomic E-state index is 0.266. The van der Waals surface area contributed by atoms with E-state index in [2.05, 4.69) is 20.4 Å². The summed E-state index contributed by atoms with van der Waals surface area (Å²) in [5.74, 6) is 0.699. The first-order chi connectivity index (χ1) is 8.16. The van der Waals surface area contributed by atoms with Crippen molar-refractivity contribution >= 4 is 22.9 Å². The number of pyridine rings is 1. The molecule has 0 fully saturated rings. The Hall–Kier alpha value is -2.02. The molecule has 0 radical (unpaired) electrons. The summed E-state index contributed by atoms with van der Waals surface area (Å²) in [6.45, 7) is 0.502. The Labute approximate surface area is 104 Å². The van der Waals surface area contributed by atoms with E-state index < -0.39 is 0 Å². The minimum Gasteiger partial charge on any atom is -0.388 e. The van der Waals surface area contributed by atoms with Crippen molar-refractivity contribution in [2.45, 2.75) is 6.54 Å². The highest BCUT2D eigenvalue weighted by molar-refractivity contribution is 7.80. The van der Waals surface area contributed by atoms with Crippen LogP contribution in [0.4, 0.5) is 5.69 Å². The molecule has 3 N–H and O–H groups in total. The number of nitrogens with zero attached hydrogens (tertiary/aromatic N) is 4. The van der Waals surface area contributed by atoms with Crippen LogP contribution in [0.1, 0.15) is 11.5 Å². The third kappa shape index (κ3) is 2.76. The molecule has 0 unspecified atom stereocenters. The van der Waals surface area contributed by atoms with Crippen LogP contribution in [0.2, 0.25) is 0 Å². The molecule has 0 saturated carbocycles. The molecule has 2 aromatic heterocycles. The van der Waals surface area contributed by atoms with Crippen molar-refractivity contribution in [2.75, 3.05) is 5.32 Å². The normalized spacial score (nSPS) is 10.2. The standard InChI is InChI=1S/C10H12N6S/c1-16-6-14-8(15-16)5-13-7-3-2-4-12-9(7)10(11)17/h2-4,6,13H,5H2,1H3,(H2,11,17). The fraction of sp³-hybridized carbons (Fsp3) is 0.200. The van der Waals surface area contributed by atoms with E-state index in [1.807, 2.05) is 19.2 Å². The van der Waals surface area contributed by atoms with Crippen LogP contribution in [0.3, 0.4) is 0 Å². The second-order valence-corrected chi connectivity index (χ2v) is 3.89. The maximum atomic E-state index is 5.58. The smallest absolute Gasteiger partial charge is 0.169 e. The average molecular weight is 248 g/mol. The van der Waals surface area contributed by atoms with Gasteiger partial charge in [-0.25, -0.2) is 4.98 Å². The van der Waals surface area contributed by atoms with Crippen molar-refractivity contribution in [3.05, 3.63) is 36.2 Å². The highest BCUT2D eigenvalue weighted by Gasteiger charge is 2.06. The lowest BCUT2D eigenvalue weighted by Crippen LogP contribution is -2.15. The Morgan fingerprint density at radius 2 is 2.35 bits per heavy atom. The summed E-state index contributed by atoms with van der Waals surface area (Å²) in [7, 11) is 1.82. The van der Waals surface area contributed by atoms with Crippen molar-refractivity contribution in [2.24, 2.45) is 12.8 Å². The summed E-state index contributed by atoms with van der Waals surface area (Å²) in [6.07, 6.45) is 3.30. The second-order valence-electron chi connectivity index (χ2n) is 3.45. The Balaban J connectivity index is 2.11. The zero-order chi connectivity index (χ0) is 12.3. The zero-order valence-corrected chi connectivity index (χ0v) is 10.1. The number of aryl methyl sites for hydroxylation is 1. The van der Waals surface area contributed by atoms with Gasteiger partial charge in [-0.1, -0.05) is 12.2 Å². The van der Waals surface area contributed by atoms with Gasteiger partial charge in [0.2, 0.25) is 0 Å². The molecule has 88 valence electrons. The van der Waals surface area contributed by atoms with Crippen molar-refractivity contribution < 1.29 is 0 Å². The van der Waals surface area contributed by atoms with Gasteiger partial charge in [-0.05, 0) is 12.1 Å². The molecule has 2 aromatic rings. The van der Waals surface area contributed by atoms with Crippen molar-refractivity contribution in [3.8, 4) is 0 Å². The van der Waals surface area contributed by atoms with E-state index in [4.69, 9.17) is 18.0 Å². The summed E-state index contributed by atoms with van der Waals surface area (Å²) >= 11 is 4.92. The number of thiocarbonyl (C=S) groups is 1. The van der Waals surface area contributed by atoms with E-state index in [0.717, 1.165) is 5.69 Å². The Morgan fingerprint density at radius 1 is 1.53 bits per heavy atom. The summed E-state index contributed by atoms with van der Waals surface area (Å²) < 4.78 is 1.65. The zero-order valence-electron chi connectivity index (χ0n) is 9.29. The van der Waals surface area contributed by atoms with Crippen LogP contribution >= 0.6 is 12.2 Å². The SMILES string of the molecule is Cn1cnc(CNc2cccnc2C(N)=S)n1. The van der Waals surface area contributed by atoms with Crippen molar-refractivity contribution in [3.63, 3.8) is 0 Å². The van der Waals surface area contributed by atoms with E-state index in [1.54, 1.807) is 17.2 Å². The van der Waals surface area contributed by atoms with Gasteiger partial charge in [0.15, 0.2) is 5.82 Å². The largest absolute Gasteiger partial charge is 0.388 e. The Bertz CT molecular complexity index is 535. The lowest BCUT2D eigenvalue weighted by atomic mass is 10.3. The predicted molar refractivity (Wildman–Crippen MR) is 68.5 cm³/mol. The van der Waals surface area contributed by atoms with Gasteiger partial charge in [0.25, 0.3) is 0 Å². The minimum absolute atomic E-state index is 0.266. The molecular weight excluding hydrogens is 236 g/mol. The van der Waals surface area contributed by atoms with Gasteiger partial charge in [0, 0.05) is 13.2 Å². The number of aromatic nitrogens is 4. The maximum absolute atomic E-state index is 5.58. The van der Waals surface area contributed by atoms with Crippen LogP contribution < -0.4 is 11.1 Å². The molecule has 17 heavy (non-hydrogen) atoms. The van der Waals surface area contributed by atoms with Crippen LogP contribution in [-0.4, -0.2) is 24.7 Å². The molecule has 0 spiro atoms. The first kappa shape index (κ1) is 11.5. The molecule has 0 aliphatic heterocycles. The lowest BCUT2D eigenvalue weighted by Gasteiger charge is -2.07. The van der Waals surface area contributed by atoms with Crippen LogP contribution in [0.15, 0.2) is 24.7 Å². The van der Waals surface area contributed by atoms with Crippen molar-refractivity contribution in [1.29, 1.82) is 0 Å². The van der Waals surface area contributed by atoms with Gasteiger partial charge < -0.3 is 11.1 Å². The maximum Gasteiger partial charge on any atom is 0.169 e. The second kappa shape index (κ2) is 4.88. The third-order valence-corrected chi connectivity index (χ3v) is 2.32. The fourth-order valence-corrected chi connectivity index (χ4v) is 1.55. The molecule has 6 nitrogen and oxygen atoms in total. The number of nitrogens with one attached hydrogen (secondary N) is 1. The lowest BCUT2D eigenvalue weighted by molar-refractivity contribution is 0.747. The van der Waals surface area contributed by atoms with Gasteiger partial charge in [-0.2, -0.15) is 5.10 Å². The molecule has 2 rings (SSSR count). The molecule has 2 heterocycles. The first-order valence-corrected chi connectivity index (χ1v) is 5.41. The molecular formula is C10H12N6S. The van der Waals surface area contributed by atoms with E-state index in [0.29, 0.717) is 18.1 Å². The number of rotatable bonds is 4. The highest BCUT2D eigenvalue weighted by Crippen LogP contribution is 2.12. The van der Waals surface area contributed by atoms with Gasteiger partial charge >= 0.3 is 0 Å². The Morgan fingerprint density at radius 3 is 3.00 bits per heavy atom. The van der Waals surface area contributed by atoms with Gasteiger partial charge in [0.1, 0.15) is 17.0 Å². The molecule has 0 aliphatic carbocycles. The van der Waals surface area contributed by atoms with Crippen LogP contribution in [0.25, 0.3) is 0 Å². The molecule has 7 heteroatoms. The van der Waals surface area contributed by atoms with Crippen LogP contribution in [0.5, 0.6) is 0 Å². The summed E-state index contributed by atoms with van der Waals surface area (Å²) in [5, 5.41) is 7.31. The number of hydrogen-bond donors (Lipinski definition) is 2. The number of anilines is 1. The van der Waals surface area contributed by atoms with E-state index in [9.17, 15) is 0 Å². The van der Waals surface area contributed by atoms with Gasteiger partial charge in [-0.3, -0.25) is 9.67 Å². The topological polar surface area (TPSA) is 81.7 Å². The molecule has 0 bridgehead atoms. The first-order valence-electron chi connectivity index (χ1n) is 5.00. The fourth-order valence-electron chi connectivity index (χ4n) is 1.38. The predicted octanol–water partition coefficient (Wildman–Crippen LogP) is 0.456. The average Bonchev–Trinajstić information content (AvgIpc) is 2.73. The molecule has 0 saturated heterocycles. The van der Waals surface area contributed by atoms with Crippen LogP contribution in [-0.2, 0) is 13.6 Å². The third-order valence-electron chi connectivity index (χ3n) is 2.13. The van der Waals surface area contributed by atoms with Crippen LogP contribution in [0, 0.1) is 0 Å².